The number of hydrogen-bond donors (Lipinski definition) is 1. The van der Waals surface area contributed by atoms with E-state index < -0.39 is 0 Å². The molecule has 2 saturated heterocycles. The number of carbonyl (C=O) groups excluding carboxylic acids is 2. The minimum atomic E-state index is -0.0939. The Bertz CT molecular complexity index is 684. The van der Waals surface area contributed by atoms with E-state index >= 15 is 0 Å². The Morgan fingerprint density at radius 1 is 1.27 bits per heavy atom. The monoisotopic (exact) mass is 419 g/mol. The van der Waals surface area contributed by atoms with Gasteiger partial charge in [0.2, 0.25) is 5.91 Å². The minimum Gasteiger partial charge on any atom is -0.469 e. The van der Waals surface area contributed by atoms with E-state index in [1.54, 1.807) is 17.9 Å². The molecule has 1 N–H and O–H groups in total. The zero-order valence-corrected chi connectivity index (χ0v) is 18.5. The summed E-state index contributed by atoms with van der Waals surface area (Å²) in [5, 5.41) is 3.02. The van der Waals surface area contributed by atoms with Gasteiger partial charge in [-0.3, -0.25) is 9.59 Å². The molecule has 2 aliphatic rings. The molecular formula is C23H37N3O4. The summed E-state index contributed by atoms with van der Waals surface area (Å²) in [7, 11) is 0. The number of amides is 2. The highest BCUT2D eigenvalue weighted by atomic mass is 16.5. The largest absolute Gasteiger partial charge is 0.469 e. The SMILES string of the molecule is Cc1occc1C(=O)N(CCC(=O)NCCCN1CCCCC1C)CC1CCCO1. The van der Waals surface area contributed by atoms with Crippen LogP contribution in [0.3, 0.4) is 0 Å². The number of carbonyl (C=O) groups is 2. The van der Waals surface area contributed by atoms with Gasteiger partial charge in [0.15, 0.2) is 0 Å². The van der Waals surface area contributed by atoms with Crippen molar-refractivity contribution in [3.8, 4) is 0 Å². The molecule has 2 atom stereocenters. The summed E-state index contributed by atoms with van der Waals surface area (Å²) in [6, 6.07) is 2.35. The molecule has 0 aromatic carbocycles. The van der Waals surface area contributed by atoms with Crippen molar-refractivity contribution in [2.24, 2.45) is 0 Å². The van der Waals surface area contributed by atoms with E-state index in [0.717, 1.165) is 32.4 Å². The van der Waals surface area contributed by atoms with Crippen molar-refractivity contribution >= 4 is 11.8 Å². The zero-order valence-electron chi connectivity index (χ0n) is 18.5. The number of likely N-dealkylation sites (tertiary alicyclic amines) is 1. The Labute approximate surface area is 180 Å². The molecule has 3 rings (SSSR count). The van der Waals surface area contributed by atoms with Gasteiger partial charge in [0.05, 0.1) is 17.9 Å². The Morgan fingerprint density at radius 3 is 2.83 bits per heavy atom. The summed E-state index contributed by atoms with van der Waals surface area (Å²) in [4.78, 5) is 29.6. The fourth-order valence-corrected chi connectivity index (χ4v) is 4.41. The van der Waals surface area contributed by atoms with Crippen molar-refractivity contribution in [2.75, 3.05) is 39.3 Å². The van der Waals surface area contributed by atoms with Crippen LogP contribution in [0.5, 0.6) is 0 Å². The lowest BCUT2D eigenvalue weighted by Gasteiger charge is -2.33. The Kier molecular flexibility index (Phi) is 8.75. The number of nitrogens with zero attached hydrogens (tertiary/aromatic N) is 2. The van der Waals surface area contributed by atoms with Gasteiger partial charge in [-0.2, -0.15) is 0 Å². The third-order valence-corrected chi connectivity index (χ3v) is 6.32. The molecule has 0 spiro atoms. The maximum atomic E-state index is 13.0. The number of piperidine rings is 1. The molecule has 3 heterocycles. The molecule has 2 amide bonds. The number of hydrogen-bond acceptors (Lipinski definition) is 5. The highest BCUT2D eigenvalue weighted by Crippen LogP contribution is 2.18. The average molecular weight is 420 g/mol. The van der Waals surface area contributed by atoms with Gasteiger partial charge < -0.3 is 24.3 Å². The summed E-state index contributed by atoms with van der Waals surface area (Å²) < 4.78 is 11.0. The van der Waals surface area contributed by atoms with Crippen LogP contribution in [0.1, 0.15) is 68.0 Å². The van der Waals surface area contributed by atoms with Crippen LogP contribution in [0.15, 0.2) is 16.7 Å². The average Bonchev–Trinajstić information content (AvgIpc) is 3.40. The number of furan rings is 1. The van der Waals surface area contributed by atoms with Crippen LogP contribution in [-0.4, -0.2) is 73.1 Å². The Morgan fingerprint density at radius 2 is 2.13 bits per heavy atom. The predicted octanol–water partition coefficient (Wildman–Crippen LogP) is 2.98. The number of nitrogens with one attached hydrogen (secondary N) is 1. The van der Waals surface area contributed by atoms with E-state index in [9.17, 15) is 9.59 Å². The van der Waals surface area contributed by atoms with E-state index in [2.05, 4.69) is 17.1 Å². The number of aryl methyl sites for hydroxylation is 1. The smallest absolute Gasteiger partial charge is 0.257 e. The Balaban J connectivity index is 1.42. The van der Waals surface area contributed by atoms with Crippen LogP contribution in [0, 0.1) is 6.92 Å². The third-order valence-electron chi connectivity index (χ3n) is 6.32. The van der Waals surface area contributed by atoms with Crippen LogP contribution in [0.4, 0.5) is 0 Å². The fraction of sp³-hybridized carbons (Fsp3) is 0.739. The van der Waals surface area contributed by atoms with Gasteiger partial charge in [-0.25, -0.2) is 0 Å². The molecule has 30 heavy (non-hydrogen) atoms. The molecule has 2 aliphatic heterocycles. The summed E-state index contributed by atoms with van der Waals surface area (Å²) >= 11 is 0. The van der Waals surface area contributed by atoms with Crippen LogP contribution in [-0.2, 0) is 9.53 Å². The molecule has 2 unspecified atom stereocenters. The first-order valence-electron chi connectivity index (χ1n) is 11.5. The quantitative estimate of drug-likeness (QED) is 0.590. The van der Waals surface area contributed by atoms with Gasteiger partial charge in [0.25, 0.3) is 5.91 Å². The predicted molar refractivity (Wildman–Crippen MR) is 115 cm³/mol. The summed E-state index contributed by atoms with van der Waals surface area (Å²) in [6.45, 7) is 8.61. The second-order valence-corrected chi connectivity index (χ2v) is 8.61. The molecular weight excluding hydrogens is 382 g/mol. The fourth-order valence-electron chi connectivity index (χ4n) is 4.41. The van der Waals surface area contributed by atoms with E-state index in [1.807, 2.05) is 0 Å². The Hall–Kier alpha value is -1.86. The molecule has 168 valence electrons. The second kappa shape index (κ2) is 11.5. The number of rotatable bonds is 10. The lowest BCUT2D eigenvalue weighted by molar-refractivity contribution is -0.121. The molecule has 7 heteroatoms. The van der Waals surface area contributed by atoms with Crippen molar-refractivity contribution in [1.82, 2.24) is 15.1 Å². The van der Waals surface area contributed by atoms with E-state index in [0.29, 0.717) is 43.4 Å². The first kappa shape index (κ1) is 22.8. The number of ether oxygens (including phenoxy) is 1. The molecule has 0 bridgehead atoms. The standard InChI is InChI=1S/C23H37N3O4/c1-18-7-3-4-12-25(18)13-6-11-24-22(27)9-14-26(17-20-8-5-15-30-20)23(28)21-10-16-29-19(21)2/h10,16,18,20H,3-9,11-15,17H2,1-2H3,(H,24,27). The van der Waals surface area contributed by atoms with Gasteiger partial charge in [0.1, 0.15) is 5.76 Å². The molecule has 7 nitrogen and oxygen atoms in total. The lowest BCUT2D eigenvalue weighted by atomic mass is 10.0. The van der Waals surface area contributed by atoms with Gasteiger partial charge in [-0.1, -0.05) is 6.42 Å². The van der Waals surface area contributed by atoms with Crippen molar-refractivity contribution < 1.29 is 18.7 Å². The topological polar surface area (TPSA) is 75.0 Å². The van der Waals surface area contributed by atoms with E-state index in [-0.39, 0.29) is 17.9 Å². The first-order chi connectivity index (χ1) is 14.5. The van der Waals surface area contributed by atoms with Crippen LogP contribution < -0.4 is 5.32 Å². The van der Waals surface area contributed by atoms with Gasteiger partial charge in [0, 0.05) is 45.2 Å². The van der Waals surface area contributed by atoms with Crippen molar-refractivity contribution in [2.45, 2.75) is 70.9 Å². The third kappa shape index (κ3) is 6.57. The molecule has 1 aromatic rings. The van der Waals surface area contributed by atoms with Gasteiger partial charge in [-0.15, -0.1) is 0 Å². The maximum absolute atomic E-state index is 13.0. The second-order valence-electron chi connectivity index (χ2n) is 8.61. The molecule has 0 saturated carbocycles. The lowest BCUT2D eigenvalue weighted by Crippen LogP contribution is -2.41. The van der Waals surface area contributed by atoms with Gasteiger partial charge in [-0.05, 0) is 58.6 Å². The summed E-state index contributed by atoms with van der Waals surface area (Å²) in [5.74, 6) is 0.508. The normalized spacial score (nSPS) is 22.2. The molecule has 1 aromatic heterocycles. The van der Waals surface area contributed by atoms with Gasteiger partial charge >= 0.3 is 0 Å². The summed E-state index contributed by atoms with van der Waals surface area (Å²) in [6.07, 6.45) is 8.70. The highest BCUT2D eigenvalue weighted by Gasteiger charge is 2.25. The molecule has 0 radical (unpaired) electrons. The minimum absolute atomic E-state index is 0.00394. The van der Waals surface area contributed by atoms with Crippen molar-refractivity contribution in [1.29, 1.82) is 0 Å². The van der Waals surface area contributed by atoms with Crippen LogP contribution in [0.2, 0.25) is 0 Å². The van der Waals surface area contributed by atoms with Crippen molar-refractivity contribution in [3.05, 3.63) is 23.7 Å². The maximum Gasteiger partial charge on any atom is 0.257 e. The highest BCUT2D eigenvalue weighted by molar-refractivity contribution is 5.95. The van der Waals surface area contributed by atoms with Crippen molar-refractivity contribution in [3.63, 3.8) is 0 Å². The van der Waals surface area contributed by atoms with Crippen LogP contribution in [0.25, 0.3) is 0 Å². The molecule has 0 aliphatic carbocycles. The first-order valence-corrected chi connectivity index (χ1v) is 11.5. The summed E-state index contributed by atoms with van der Waals surface area (Å²) in [5.41, 5.74) is 0.559. The van der Waals surface area contributed by atoms with E-state index in [4.69, 9.17) is 9.15 Å². The van der Waals surface area contributed by atoms with E-state index in [1.165, 1.54) is 32.1 Å². The van der Waals surface area contributed by atoms with Crippen LogP contribution >= 0.6 is 0 Å². The zero-order chi connectivity index (χ0) is 21.3. The molecule has 2 fully saturated rings.